The number of aromatic nitrogens is 1. The number of oxazole rings is 1. The molecule has 2 aromatic carbocycles. The lowest BCUT2D eigenvalue weighted by Gasteiger charge is -2.04. The zero-order valence-corrected chi connectivity index (χ0v) is 13.8. The number of nitrogens with zero attached hydrogens (tertiary/aromatic N) is 1. The Morgan fingerprint density at radius 1 is 1.14 bits per heavy atom. The molecule has 21 heavy (non-hydrogen) atoms. The summed E-state index contributed by atoms with van der Waals surface area (Å²) in [4.78, 5) is 4.55. The van der Waals surface area contributed by atoms with Crippen molar-refractivity contribution in [2.75, 3.05) is 7.11 Å². The lowest BCUT2D eigenvalue weighted by atomic mass is 10.0. The van der Waals surface area contributed by atoms with Crippen LogP contribution < -0.4 is 4.74 Å². The molecule has 0 fully saturated rings. The van der Waals surface area contributed by atoms with Crippen molar-refractivity contribution in [3.8, 4) is 17.2 Å². The number of ether oxygens (including phenoxy) is 1. The van der Waals surface area contributed by atoms with Gasteiger partial charge < -0.3 is 9.15 Å². The number of halogens is 1. The highest BCUT2D eigenvalue weighted by Gasteiger charge is 2.12. The predicted molar refractivity (Wildman–Crippen MR) is 87.8 cm³/mol. The number of benzene rings is 2. The van der Waals surface area contributed by atoms with Crippen LogP contribution in [-0.4, -0.2) is 12.1 Å². The van der Waals surface area contributed by atoms with Gasteiger partial charge in [-0.15, -0.1) is 0 Å². The van der Waals surface area contributed by atoms with Crippen molar-refractivity contribution < 1.29 is 9.15 Å². The van der Waals surface area contributed by atoms with Crippen LogP contribution in [0.4, 0.5) is 0 Å². The van der Waals surface area contributed by atoms with Gasteiger partial charge in [0.2, 0.25) is 5.89 Å². The first-order valence-corrected chi connectivity index (χ1v) is 7.62. The van der Waals surface area contributed by atoms with Crippen molar-refractivity contribution in [1.82, 2.24) is 4.98 Å². The van der Waals surface area contributed by atoms with Crippen molar-refractivity contribution in [3.05, 3.63) is 46.4 Å². The van der Waals surface area contributed by atoms with Gasteiger partial charge in [-0.3, -0.25) is 0 Å². The summed E-state index contributed by atoms with van der Waals surface area (Å²) >= 11 is 3.49. The first kappa shape index (κ1) is 14.1. The third-order valence-electron chi connectivity index (χ3n) is 3.48. The Kier molecular flexibility index (Phi) is 3.72. The van der Waals surface area contributed by atoms with E-state index in [1.165, 1.54) is 5.56 Å². The second kappa shape index (κ2) is 5.53. The first-order valence-electron chi connectivity index (χ1n) is 6.83. The summed E-state index contributed by atoms with van der Waals surface area (Å²) in [5.41, 5.74) is 3.79. The molecule has 0 saturated carbocycles. The maximum Gasteiger partial charge on any atom is 0.227 e. The summed E-state index contributed by atoms with van der Waals surface area (Å²) < 4.78 is 12.0. The van der Waals surface area contributed by atoms with E-state index in [1.54, 1.807) is 7.11 Å². The molecule has 0 N–H and O–H groups in total. The smallest absolute Gasteiger partial charge is 0.227 e. The normalized spacial score (nSPS) is 11.3. The molecule has 3 aromatic rings. The molecule has 0 amide bonds. The number of rotatable bonds is 3. The second-order valence-electron chi connectivity index (χ2n) is 5.25. The molecule has 3 rings (SSSR count). The number of hydrogen-bond acceptors (Lipinski definition) is 3. The molecule has 0 spiro atoms. The molecule has 1 aromatic heterocycles. The molecule has 4 heteroatoms. The Morgan fingerprint density at radius 2 is 1.86 bits per heavy atom. The maximum absolute atomic E-state index is 5.87. The van der Waals surface area contributed by atoms with E-state index in [9.17, 15) is 0 Å². The minimum absolute atomic E-state index is 0.515. The van der Waals surface area contributed by atoms with Crippen molar-refractivity contribution >= 4 is 27.0 Å². The van der Waals surface area contributed by atoms with Gasteiger partial charge in [-0.05, 0) is 45.6 Å². The van der Waals surface area contributed by atoms with E-state index in [2.05, 4.69) is 46.9 Å². The standard InChI is InChI=1S/C17H16BrNO2/c1-10(2)11-4-6-12(7-5-11)17-19-15-9-13(20-3)8-14(18)16(15)21-17/h4-10H,1-3H3. The Bertz CT molecular complexity index is 775. The molecule has 0 radical (unpaired) electrons. The van der Waals surface area contributed by atoms with Crippen molar-refractivity contribution in [2.45, 2.75) is 19.8 Å². The lowest BCUT2D eigenvalue weighted by Crippen LogP contribution is -1.86. The zero-order chi connectivity index (χ0) is 15.0. The van der Waals surface area contributed by atoms with E-state index in [0.29, 0.717) is 11.8 Å². The van der Waals surface area contributed by atoms with Gasteiger partial charge in [0.05, 0.1) is 11.6 Å². The van der Waals surface area contributed by atoms with Gasteiger partial charge in [-0.25, -0.2) is 4.98 Å². The Balaban J connectivity index is 2.06. The molecule has 0 saturated heterocycles. The lowest BCUT2D eigenvalue weighted by molar-refractivity contribution is 0.415. The van der Waals surface area contributed by atoms with Crippen LogP contribution in [0.15, 0.2) is 45.3 Å². The van der Waals surface area contributed by atoms with Crippen molar-refractivity contribution in [3.63, 3.8) is 0 Å². The summed E-state index contributed by atoms with van der Waals surface area (Å²) in [6, 6.07) is 12.1. The zero-order valence-electron chi connectivity index (χ0n) is 12.2. The highest BCUT2D eigenvalue weighted by molar-refractivity contribution is 9.10. The Morgan fingerprint density at radius 3 is 2.48 bits per heavy atom. The van der Waals surface area contributed by atoms with Gasteiger partial charge >= 0.3 is 0 Å². The summed E-state index contributed by atoms with van der Waals surface area (Å²) in [6.45, 7) is 4.36. The van der Waals surface area contributed by atoms with Crippen LogP contribution >= 0.6 is 15.9 Å². The van der Waals surface area contributed by atoms with Crippen molar-refractivity contribution in [1.29, 1.82) is 0 Å². The maximum atomic E-state index is 5.87. The minimum atomic E-state index is 0.515. The van der Waals surface area contributed by atoms with Gasteiger partial charge in [0, 0.05) is 11.6 Å². The second-order valence-corrected chi connectivity index (χ2v) is 6.11. The molecule has 0 aliphatic rings. The average molecular weight is 346 g/mol. The van der Waals surface area contributed by atoms with Crippen LogP contribution in [0.5, 0.6) is 5.75 Å². The van der Waals surface area contributed by atoms with Crippen LogP contribution in [0, 0.1) is 0 Å². The Labute approximate surface area is 132 Å². The largest absolute Gasteiger partial charge is 0.497 e. The number of fused-ring (bicyclic) bond motifs is 1. The molecule has 0 aliphatic carbocycles. The number of hydrogen-bond donors (Lipinski definition) is 0. The monoisotopic (exact) mass is 345 g/mol. The summed E-state index contributed by atoms with van der Waals surface area (Å²) in [7, 11) is 1.64. The van der Waals surface area contributed by atoms with E-state index < -0.39 is 0 Å². The molecule has 0 atom stereocenters. The van der Waals surface area contributed by atoms with Gasteiger partial charge in [-0.1, -0.05) is 26.0 Å². The highest BCUT2D eigenvalue weighted by Crippen LogP contribution is 2.33. The molecular formula is C17H16BrNO2. The SMILES string of the molecule is COc1cc(Br)c2oc(-c3ccc(C(C)C)cc3)nc2c1. The molecular weight excluding hydrogens is 330 g/mol. The highest BCUT2D eigenvalue weighted by atomic mass is 79.9. The Hall–Kier alpha value is -1.81. The van der Waals surface area contributed by atoms with E-state index in [-0.39, 0.29) is 0 Å². The first-order chi connectivity index (χ1) is 10.1. The third-order valence-corrected chi connectivity index (χ3v) is 4.07. The molecule has 0 bridgehead atoms. The van der Waals surface area contributed by atoms with Crippen LogP contribution in [0.3, 0.4) is 0 Å². The van der Waals surface area contributed by atoms with E-state index in [1.807, 2.05) is 24.3 Å². The van der Waals surface area contributed by atoms with E-state index in [0.717, 1.165) is 26.9 Å². The molecule has 0 unspecified atom stereocenters. The summed E-state index contributed by atoms with van der Waals surface area (Å²) in [5.74, 6) is 1.89. The van der Waals surface area contributed by atoms with Gasteiger partial charge in [-0.2, -0.15) is 0 Å². The molecule has 3 nitrogen and oxygen atoms in total. The van der Waals surface area contributed by atoms with Crippen LogP contribution in [-0.2, 0) is 0 Å². The fourth-order valence-corrected chi connectivity index (χ4v) is 2.73. The summed E-state index contributed by atoms with van der Waals surface area (Å²) in [5, 5.41) is 0. The fraction of sp³-hybridized carbons (Fsp3) is 0.235. The van der Waals surface area contributed by atoms with Gasteiger partial charge in [0.25, 0.3) is 0 Å². The minimum Gasteiger partial charge on any atom is -0.497 e. The summed E-state index contributed by atoms with van der Waals surface area (Å²) in [6.07, 6.45) is 0. The van der Waals surface area contributed by atoms with Crippen molar-refractivity contribution in [2.24, 2.45) is 0 Å². The third kappa shape index (κ3) is 2.68. The van der Waals surface area contributed by atoms with Gasteiger partial charge in [0.1, 0.15) is 11.3 Å². The molecule has 1 heterocycles. The fourth-order valence-electron chi connectivity index (χ4n) is 2.22. The van der Waals surface area contributed by atoms with Crippen LogP contribution in [0.25, 0.3) is 22.6 Å². The number of methoxy groups -OCH3 is 1. The van der Waals surface area contributed by atoms with E-state index in [4.69, 9.17) is 9.15 Å². The van der Waals surface area contributed by atoms with E-state index >= 15 is 0 Å². The van der Waals surface area contributed by atoms with Gasteiger partial charge in [0.15, 0.2) is 5.58 Å². The van der Waals surface area contributed by atoms with Crippen LogP contribution in [0.1, 0.15) is 25.3 Å². The van der Waals surface area contributed by atoms with Crippen LogP contribution in [0.2, 0.25) is 0 Å². The quantitative estimate of drug-likeness (QED) is 0.638. The predicted octanol–water partition coefficient (Wildman–Crippen LogP) is 5.39. The topological polar surface area (TPSA) is 35.3 Å². The average Bonchev–Trinajstić information content (AvgIpc) is 2.91. The molecule has 108 valence electrons. The molecule has 0 aliphatic heterocycles.